The van der Waals surface area contributed by atoms with E-state index in [0.717, 1.165) is 0 Å². The molecule has 8 heteroatoms. The largest absolute Gasteiger partial charge is 0.481 e. The molecule has 3 N–H and O–H groups in total. The van der Waals surface area contributed by atoms with Gasteiger partial charge in [-0.2, -0.15) is 5.26 Å². The maximum atomic E-state index is 11.9. The van der Waals surface area contributed by atoms with Crippen molar-refractivity contribution >= 4 is 12.0 Å². The maximum Gasteiger partial charge on any atom is 0.317 e. The first-order valence-corrected chi connectivity index (χ1v) is 6.15. The highest BCUT2D eigenvalue weighted by Gasteiger charge is 2.25. The molecule has 0 heterocycles. The molecule has 0 saturated heterocycles. The number of carbonyl (C=O) groups is 2. The van der Waals surface area contributed by atoms with Crippen LogP contribution in [-0.4, -0.2) is 66.1 Å². The van der Waals surface area contributed by atoms with Crippen LogP contribution in [0, 0.1) is 11.3 Å². The molecule has 0 aromatic rings. The highest BCUT2D eigenvalue weighted by atomic mass is 16.5. The average molecular weight is 287 g/mol. The van der Waals surface area contributed by atoms with E-state index in [2.05, 4.69) is 5.32 Å². The fourth-order valence-electron chi connectivity index (χ4n) is 1.47. The van der Waals surface area contributed by atoms with Crippen molar-refractivity contribution in [1.82, 2.24) is 10.2 Å². The van der Waals surface area contributed by atoms with Gasteiger partial charge in [0.15, 0.2) is 0 Å². The molecule has 0 aliphatic heterocycles. The average Bonchev–Trinajstić information content (AvgIpc) is 2.35. The van der Waals surface area contributed by atoms with Crippen LogP contribution >= 0.6 is 0 Å². The summed E-state index contributed by atoms with van der Waals surface area (Å²) in [5, 5.41) is 29.4. The predicted molar refractivity (Wildman–Crippen MR) is 70.0 cm³/mol. The van der Waals surface area contributed by atoms with Gasteiger partial charge in [0.1, 0.15) is 0 Å². The highest BCUT2D eigenvalue weighted by Crippen LogP contribution is 2.07. The molecule has 1 atom stereocenters. The number of rotatable bonds is 9. The van der Waals surface area contributed by atoms with E-state index in [0.29, 0.717) is 13.2 Å². The van der Waals surface area contributed by atoms with Gasteiger partial charge in [-0.15, -0.1) is 0 Å². The second-order valence-electron chi connectivity index (χ2n) is 4.61. The lowest BCUT2D eigenvalue weighted by molar-refractivity contribution is -0.141. The molecule has 0 bridgehead atoms. The van der Waals surface area contributed by atoms with E-state index in [-0.39, 0.29) is 19.5 Å². The van der Waals surface area contributed by atoms with Gasteiger partial charge in [0.2, 0.25) is 0 Å². The number of nitriles is 1. The number of urea groups is 1. The van der Waals surface area contributed by atoms with Crippen LogP contribution < -0.4 is 5.32 Å². The molecule has 8 nitrogen and oxygen atoms in total. The van der Waals surface area contributed by atoms with E-state index >= 15 is 0 Å². The number of ether oxygens (including phenoxy) is 1. The van der Waals surface area contributed by atoms with Crippen LogP contribution in [-0.2, 0) is 9.53 Å². The third kappa shape index (κ3) is 8.29. The first-order valence-electron chi connectivity index (χ1n) is 6.15. The zero-order chi connectivity index (χ0) is 15.6. The Morgan fingerprint density at radius 3 is 2.60 bits per heavy atom. The SMILES string of the molecule is COCCN(CCC#N)C(=O)NCC(C)(O)CC(=O)O. The van der Waals surface area contributed by atoms with E-state index in [1.165, 1.54) is 18.9 Å². The molecule has 0 saturated carbocycles. The molecule has 0 aliphatic rings. The lowest BCUT2D eigenvalue weighted by Gasteiger charge is -2.26. The van der Waals surface area contributed by atoms with Crippen molar-refractivity contribution in [3.05, 3.63) is 0 Å². The van der Waals surface area contributed by atoms with Gasteiger partial charge in [-0.05, 0) is 6.92 Å². The molecule has 0 fully saturated rings. The van der Waals surface area contributed by atoms with Crippen LogP contribution in [0.1, 0.15) is 19.8 Å². The number of carboxylic acid groups (broad SMARTS) is 1. The van der Waals surface area contributed by atoms with Gasteiger partial charge in [0, 0.05) is 26.7 Å². The molecular formula is C12H21N3O5. The van der Waals surface area contributed by atoms with Crippen molar-refractivity contribution in [3.63, 3.8) is 0 Å². The van der Waals surface area contributed by atoms with Gasteiger partial charge < -0.3 is 25.2 Å². The third-order valence-corrected chi connectivity index (χ3v) is 2.50. The van der Waals surface area contributed by atoms with E-state index in [4.69, 9.17) is 15.1 Å². The van der Waals surface area contributed by atoms with Gasteiger partial charge in [-0.3, -0.25) is 4.79 Å². The molecule has 20 heavy (non-hydrogen) atoms. The van der Waals surface area contributed by atoms with E-state index in [9.17, 15) is 14.7 Å². The quantitative estimate of drug-likeness (QED) is 0.539. The Bertz CT molecular complexity index is 365. The minimum atomic E-state index is -1.52. The topological polar surface area (TPSA) is 123 Å². The number of aliphatic hydroxyl groups is 1. The lowest BCUT2D eigenvalue weighted by atomic mass is 10.0. The van der Waals surface area contributed by atoms with Gasteiger partial charge in [0.05, 0.1) is 31.1 Å². The molecule has 0 rings (SSSR count). The molecule has 114 valence electrons. The summed E-state index contributed by atoms with van der Waals surface area (Å²) in [4.78, 5) is 23.8. The molecule has 0 aromatic heterocycles. The summed E-state index contributed by atoms with van der Waals surface area (Å²) in [5.74, 6) is -1.15. The summed E-state index contributed by atoms with van der Waals surface area (Å²) in [6, 6.07) is 1.47. The van der Waals surface area contributed by atoms with Crippen LogP contribution in [0.2, 0.25) is 0 Å². The number of hydrogen-bond donors (Lipinski definition) is 3. The molecule has 1 unspecified atom stereocenters. The highest BCUT2D eigenvalue weighted by molar-refractivity contribution is 5.74. The number of amides is 2. The van der Waals surface area contributed by atoms with Gasteiger partial charge in [-0.25, -0.2) is 4.79 Å². The Kier molecular flexibility index (Phi) is 8.27. The Morgan fingerprint density at radius 2 is 2.10 bits per heavy atom. The van der Waals surface area contributed by atoms with Crippen LogP contribution in [0.3, 0.4) is 0 Å². The molecule has 0 aromatic carbocycles. The number of aliphatic carboxylic acids is 1. The second kappa shape index (κ2) is 9.12. The summed E-state index contributed by atoms with van der Waals surface area (Å²) in [6.07, 6.45) is -0.286. The zero-order valence-electron chi connectivity index (χ0n) is 11.8. The zero-order valence-corrected chi connectivity index (χ0v) is 11.8. The van der Waals surface area contributed by atoms with Crippen LogP contribution in [0.5, 0.6) is 0 Å². The van der Waals surface area contributed by atoms with Crippen LogP contribution in [0.15, 0.2) is 0 Å². The van der Waals surface area contributed by atoms with Crippen molar-refractivity contribution in [2.24, 2.45) is 0 Å². The number of hydrogen-bond acceptors (Lipinski definition) is 5. The Labute approximate surface area is 117 Å². The first kappa shape index (κ1) is 18.1. The van der Waals surface area contributed by atoms with Gasteiger partial charge in [0.25, 0.3) is 0 Å². The number of carbonyl (C=O) groups excluding carboxylic acids is 1. The summed E-state index contributed by atoms with van der Waals surface area (Å²) in [6.45, 7) is 2.02. The van der Waals surface area contributed by atoms with Crippen molar-refractivity contribution in [1.29, 1.82) is 5.26 Å². The normalized spacial score (nSPS) is 13.1. The lowest BCUT2D eigenvalue weighted by Crippen LogP contribution is -2.48. The molecular weight excluding hydrogens is 266 g/mol. The van der Waals surface area contributed by atoms with E-state index in [1.54, 1.807) is 0 Å². The summed E-state index contributed by atoms with van der Waals surface area (Å²) >= 11 is 0. The predicted octanol–water partition coefficient (Wildman–Crippen LogP) is -0.216. The van der Waals surface area contributed by atoms with Crippen molar-refractivity contribution in [2.75, 3.05) is 33.4 Å². The van der Waals surface area contributed by atoms with Gasteiger partial charge >= 0.3 is 12.0 Å². The Morgan fingerprint density at radius 1 is 1.45 bits per heavy atom. The minimum Gasteiger partial charge on any atom is -0.481 e. The van der Waals surface area contributed by atoms with Crippen molar-refractivity contribution < 1.29 is 24.5 Å². The van der Waals surface area contributed by atoms with Crippen LogP contribution in [0.25, 0.3) is 0 Å². The Balaban J connectivity index is 4.37. The number of nitrogens with one attached hydrogen (secondary N) is 1. The number of nitrogens with zero attached hydrogens (tertiary/aromatic N) is 2. The molecule has 2 amide bonds. The monoisotopic (exact) mass is 287 g/mol. The van der Waals surface area contributed by atoms with E-state index < -0.39 is 24.0 Å². The van der Waals surface area contributed by atoms with E-state index in [1.807, 2.05) is 6.07 Å². The fourth-order valence-corrected chi connectivity index (χ4v) is 1.47. The standard InChI is InChI=1S/C12H21N3O5/c1-12(19,8-10(16)17)9-14-11(18)15(5-3-4-13)6-7-20-2/h19H,3,5-9H2,1-2H3,(H,14,18)(H,16,17). The number of methoxy groups -OCH3 is 1. The third-order valence-electron chi connectivity index (χ3n) is 2.50. The van der Waals surface area contributed by atoms with Gasteiger partial charge in [-0.1, -0.05) is 0 Å². The van der Waals surface area contributed by atoms with Crippen LogP contribution in [0.4, 0.5) is 4.79 Å². The summed E-state index contributed by atoms with van der Waals surface area (Å²) < 4.78 is 4.87. The minimum absolute atomic E-state index is 0.183. The number of carboxylic acids is 1. The molecule has 0 aliphatic carbocycles. The second-order valence-corrected chi connectivity index (χ2v) is 4.61. The summed E-state index contributed by atoms with van der Waals surface area (Å²) in [7, 11) is 1.50. The fraction of sp³-hybridized carbons (Fsp3) is 0.750. The summed E-state index contributed by atoms with van der Waals surface area (Å²) in [5.41, 5.74) is -1.52. The van der Waals surface area contributed by atoms with Crippen molar-refractivity contribution in [2.45, 2.75) is 25.4 Å². The maximum absolute atomic E-state index is 11.9. The molecule has 0 spiro atoms. The smallest absolute Gasteiger partial charge is 0.317 e. The van der Waals surface area contributed by atoms with Crippen molar-refractivity contribution in [3.8, 4) is 6.07 Å². The first-order chi connectivity index (χ1) is 9.32. The Hall–Kier alpha value is -1.85. The molecule has 0 radical (unpaired) electrons.